The number of rotatable bonds is 8. The highest BCUT2D eigenvalue weighted by Gasteiger charge is 2.40. The Morgan fingerprint density at radius 3 is 1.91 bits per heavy atom. The smallest absolute Gasteiger partial charge is 0.416 e. The molecule has 16 heteroatoms. The van der Waals surface area contributed by atoms with Crippen LogP contribution in [0, 0.1) is 0 Å². The molecule has 4 aliphatic heterocycles. The second-order valence-corrected chi connectivity index (χ2v) is 15.6. The molecule has 4 heterocycles. The summed E-state index contributed by atoms with van der Waals surface area (Å²) in [6.45, 7) is 5.77. The normalized spacial score (nSPS) is 20.0. The zero-order valence-corrected chi connectivity index (χ0v) is 32.1. The summed E-state index contributed by atoms with van der Waals surface area (Å²) in [6, 6.07) is 18.7. The largest absolute Gasteiger partial charge is 0.436 e. The molecule has 7 rings (SSSR count). The average molecular weight is 815 g/mol. The number of carbonyl (C=O) groups is 3. The second-order valence-electron chi connectivity index (χ2n) is 15.6. The predicted molar refractivity (Wildman–Crippen MR) is 204 cm³/mol. The molecule has 1 N–H and O–H groups in total. The van der Waals surface area contributed by atoms with Gasteiger partial charge in [-0.25, -0.2) is 9.59 Å². The van der Waals surface area contributed by atoms with Crippen molar-refractivity contribution in [1.29, 1.82) is 0 Å². The summed E-state index contributed by atoms with van der Waals surface area (Å²) in [7, 11) is 0. The monoisotopic (exact) mass is 814 g/mol. The fourth-order valence-corrected chi connectivity index (χ4v) is 8.61. The van der Waals surface area contributed by atoms with Gasteiger partial charge in [-0.3, -0.25) is 14.6 Å². The SMILES string of the molecule is O=C(OC(Cc1cc(C(F)(F)F)cc(C(F)(F)F)c1)C(=O)N1CCC(N2CCN(Cc3ccccc3)CC2)CC1)N1CCC(N2CCc3ccccc3NC2=O)CC1. The number of hydrogen-bond donors (Lipinski definition) is 1. The standard InChI is InChI=1S/C42H48F6N6O4/c43-41(44,45)32-24-30(25-33(27-32)42(46,47)48)26-37(38(55)52-15-11-34(12-16-52)51-22-20-50(21-23-51)28-29-6-2-1-3-7-29)58-40(57)53-17-13-35(14-18-53)54-19-10-31-8-4-5-9-36(31)49-39(54)56/h1-9,24-25,27,34-35,37H,10-23,26,28H2,(H,49,56). The van der Waals surface area contributed by atoms with E-state index < -0.39 is 53.6 Å². The average Bonchev–Trinajstić information content (AvgIpc) is 3.38. The molecule has 1 atom stereocenters. The third-order valence-corrected chi connectivity index (χ3v) is 11.8. The van der Waals surface area contributed by atoms with Crippen LogP contribution in [-0.2, 0) is 41.3 Å². The van der Waals surface area contributed by atoms with Crippen LogP contribution in [0.2, 0.25) is 0 Å². The summed E-state index contributed by atoms with van der Waals surface area (Å²) < 4.78 is 88.5. The maximum Gasteiger partial charge on any atom is 0.416 e. The number of nitrogens with zero attached hydrogens (tertiary/aromatic N) is 5. The van der Waals surface area contributed by atoms with Crippen molar-refractivity contribution in [1.82, 2.24) is 24.5 Å². The number of halogens is 6. The van der Waals surface area contributed by atoms with Crippen LogP contribution in [0.4, 0.5) is 41.6 Å². The minimum atomic E-state index is -5.08. The Morgan fingerprint density at radius 1 is 0.690 bits per heavy atom. The number of alkyl halides is 6. The van der Waals surface area contributed by atoms with Gasteiger partial charge in [0, 0.05) is 89.6 Å². The number of ether oxygens (including phenoxy) is 1. The molecule has 10 nitrogen and oxygen atoms in total. The van der Waals surface area contributed by atoms with Crippen LogP contribution < -0.4 is 5.32 Å². The number of hydrogen-bond acceptors (Lipinski definition) is 6. The van der Waals surface area contributed by atoms with Gasteiger partial charge >= 0.3 is 24.5 Å². The molecule has 3 aromatic carbocycles. The summed E-state index contributed by atoms with van der Waals surface area (Å²) in [6.07, 6.45) is -10.7. The van der Waals surface area contributed by atoms with E-state index in [9.17, 15) is 40.7 Å². The molecule has 312 valence electrons. The molecule has 3 fully saturated rings. The molecule has 0 radical (unpaired) electrons. The molecular weight excluding hydrogens is 766 g/mol. The van der Waals surface area contributed by atoms with Crippen LogP contribution in [0.3, 0.4) is 0 Å². The van der Waals surface area contributed by atoms with Gasteiger partial charge in [0.15, 0.2) is 6.10 Å². The van der Waals surface area contributed by atoms with Crippen molar-refractivity contribution in [2.24, 2.45) is 0 Å². The van der Waals surface area contributed by atoms with Crippen molar-refractivity contribution in [2.45, 2.75) is 75.6 Å². The fraction of sp³-hybridized carbons (Fsp3) is 0.500. The number of fused-ring (bicyclic) bond motifs is 1. The Bertz CT molecular complexity index is 1870. The lowest BCUT2D eigenvalue weighted by Gasteiger charge is -2.43. The Morgan fingerprint density at radius 2 is 1.28 bits per heavy atom. The molecule has 4 amide bonds. The number of urea groups is 1. The van der Waals surface area contributed by atoms with Gasteiger partial charge in [0.05, 0.1) is 11.1 Å². The lowest BCUT2D eigenvalue weighted by atomic mass is 9.98. The first-order chi connectivity index (χ1) is 27.7. The predicted octanol–water partition coefficient (Wildman–Crippen LogP) is 7.14. The number of likely N-dealkylation sites (tertiary alicyclic amines) is 2. The molecule has 3 saturated heterocycles. The highest BCUT2D eigenvalue weighted by Crippen LogP contribution is 2.37. The van der Waals surface area contributed by atoms with E-state index in [0.29, 0.717) is 63.9 Å². The van der Waals surface area contributed by atoms with Crippen molar-refractivity contribution >= 4 is 23.7 Å². The van der Waals surface area contributed by atoms with E-state index in [1.54, 1.807) is 4.90 Å². The summed E-state index contributed by atoms with van der Waals surface area (Å²) >= 11 is 0. The van der Waals surface area contributed by atoms with E-state index in [1.165, 1.54) is 15.4 Å². The van der Waals surface area contributed by atoms with Crippen LogP contribution in [0.5, 0.6) is 0 Å². The zero-order chi connectivity index (χ0) is 41.0. The molecule has 0 saturated carbocycles. The highest BCUT2D eigenvalue weighted by atomic mass is 19.4. The van der Waals surface area contributed by atoms with Crippen molar-refractivity contribution in [3.05, 3.63) is 101 Å². The summed E-state index contributed by atoms with van der Waals surface area (Å²) in [4.78, 5) is 50.3. The van der Waals surface area contributed by atoms with E-state index in [1.807, 2.05) is 42.5 Å². The second kappa shape index (κ2) is 17.6. The Kier molecular flexibility index (Phi) is 12.5. The highest BCUT2D eigenvalue weighted by molar-refractivity contribution is 5.91. The summed E-state index contributed by atoms with van der Waals surface area (Å²) in [5, 5.41) is 2.95. The zero-order valence-electron chi connectivity index (χ0n) is 32.1. The maximum absolute atomic E-state index is 14.1. The first kappa shape index (κ1) is 41.3. The maximum atomic E-state index is 14.1. The number of piperazine rings is 1. The number of anilines is 1. The molecule has 0 spiro atoms. The van der Waals surface area contributed by atoms with Gasteiger partial charge < -0.3 is 24.8 Å². The number of piperidine rings is 2. The molecule has 0 aliphatic carbocycles. The van der Waals surface area contributed by atoms with E-state index in [4.69, 9.17) is 4.74 Å². The topological polar surface area (TPSA) is 88.7 Å². The molecule has 3 aromatic rings. The molecule has 4 aliphatic rings. The number of nitrogens with one attached hydrogen (secondary N) is 1. The number of para-hydroxylation sites is 1. The van der Waals surface area contributed by atoms with Gasteiger partial charge in [-0.15, -0.1) is 0 Å². The van der Waals surface area contributed by atoms with Gasteiger partial charge in [0.2, 0.25) is 0 Å². The minimum absolute atomic E-state index is 0.0337. The van der Waals surface area contributed by atoms with E-state index in [-0.39, 0.29) is 37.3 Å². The van der Waals surface area contributed by atoms with Crippen LogP contribution >= 0.6 is 0 Å². The lowest BCUT2D eigenvalue weighted by Crippen LogP contribution is -2.55. The van der Waals surface area contributed by atoms with Gasteiger partial charge in [0.1, 0.15) is 0 Å². The Balaban J connectivity index is 1.00. The molecule has 0 bridgehead atoms. The van der Waals surface area contributed by atoms with Crippen LogP contribution in [0.15, 0.2) is 72.8 Å². The van der Waals surface area contributed by atoms with Gasteiger partial charge in [-0.1, -0.05) is 48.5 Å². The van der Waals surface area contributed by atoms with Gasteiger partial charge in [-0.2, -0.15) is 26.3 Å². The number of amides is 4. The quantitative estimate of drug-likeness (QED) is 0.244. The van der Waals surface area contributed by atoms with Crippen molar-refractivity contribution in [3.63, 3.8) is 0 Å². The van der Waals surface area contributed by atoms with Crippen molar-refractivity contribution < 1.29 is 45.5 Å². The third kappa shape index (κ3) is 10.1. The third-order valence-electron chi connectivity index (χ3n) is 11.8. The molecule has 0 aromatic heterocycles. The van der Waals surface area contributed by atoms with Crippen molar-refractivity contribution in [2.75, 3.05) is 64.2 Å². The first-order valence-corrected chi connectivity index (χ1v) is 19.9. The Labute approximate surface area is 333 Å². The minimum Gasteiger partial charge on any atom is -0.436 e. The van der Waals surface area contributed by atoms with E-state index in [0.717, 1.165) is 44.0 Å². The Hall–Kier alpha value is -4.83. The molecular formula is C42H48F6N6O4. The van der Waals surface area contributed by atoms with Crippen molar-refractivity contribution in [3.8, 4) is 0 Å². The molecule has 58 heavy (non-hydrogen) atoms. The summed E-state index contributed by atoms with van der Waals surface area (Å²) in [5.74, 6) is -0.666. The fourth-order valence-electron chi connectivity index (χ4n) is 8.61. The number of benzene rings is 3. The van der Waals surface area contributed by atoms with Crippen LogP contribution in [-0.4, -0.2) is 120 Å². The van der Waals surface area contributed by atoms with E-state index >= 15 is 0 Å². The van der Waals surface area contributed by atoms with Gasteiger partial charge in [0.25, 0.3) is 5.91 Å². The van der Waals surface area contributed by atoms with Crippen LogP contribution in [0.1, 0.15) is 53.5 Å². The van der Waals surface area contributed by atoms with Gasteiger partial charge in [-0.05, 0) is 73.1 Å². The first-order valence-electron chi connectivity index (χ1n) is 19.9. The number of carbonyl (C=O) groups excluding carboxylic acids is 3. The van der Waals surface area contributed by atoms with Crippen LogP contribution in [0.25, 0.3) is 0 Å². The lowest BCUT2D eigenvalue weighted by molar-refractivity contribution is -0.143. The summed E-state index contributed by atoms with van der Waals surface area (Å²) in [5.41, 5.74) is -0.444. The van der Waals surface area contributed by atoms with E-state index in [2.05, 4.69) is 27.2 Å². The molecule has 1 unspecified atom stereocenters.